The number of piperidine rings is 1. The van der Waals surface area contributed by atoms with Crippen LogP contribution in [0.2, 0.25) is 0 Å². The third-order valence-corrected chi connectivity index (χ3v) is 5.08. The van der Waals surface area contributed by atoms with E-state index in [4.69, 9.17) is 5.73 Å². The van der Waals surface area contributed by atoms with Gasteiger partial charge in [0, 0.05) is 19.0 Å². The second-order valence-corrected chi connectivity index (χ2v) is 6.30. The number of hydrogen-bond donors (Lipinski definition) is 2. The maximum atomic E-state index is 12.6. The zero-order valence-corrected chi connectivity index (χ0v) is 12.5. The molecule has 2 aliphatic rings. The quantitative estimate of drug-likeness (QED) is 0.803. The van der Waals surface area contributed by atoms with Crippen LogP contribution in [0.15, 0.2) is 0 Å². The molecule has 3 N–H and O–H groups in total. The lowest BCUT2D eigenvalue weighted by Gasteiger charge is -2.33. The van der Waals surface area contributed by atoms with Gasteiger partial charge < -0.3 is 15.7 Å². The molecular weight excluding hydrogens is 272 g/mol. The van der Waals surface area contributed by atoms with Crippen molar-refractivity contribution in [2.75, 3.05) is 13.1 Å². The summed E-state index contributed by atoms with van der Waals surface area (Å²) in [6.45, 7) is 3.05. The fraction of sp³-hybridized carbons (Fsp3) is 0.800. The fourth-order valence-electron chi connectivity index (χ4n) is 3.64. The van der Waals surface area contributed by atoms with Crippen molar-refractivity contribution in [3.8, 4) is 0 Å². The Labute approximate surface area is 124 Å². The van der Waals surface area contributed by atoms with Crippen molar-refractivity contribution in [3.63, 3.8) is 0 Å². The lowest BCUT2D eigenvalue weighted by atomic mass is 9.91. The molecule has 3 atom stereocenters. The average Bonchev–Trinajstić information content (AvgIpc) is 2.91. The molecule has 6 nitrogen and oxygen atoms in total. The van der Waals surface area contributed by atoms with Crippen molar-refractivity contribution in [1.82, 2.24) is 4.90 Å². The highest BCUT2D eigenvalue weighted by Crippen LogP contribution is 2.39. The number of likely N-dealkylation sites (tertiary alicyclic amines) is 1. The Hall–Kier alpha value is -1.59. The first-order valence-electron chi connectivity index (χ1n) is 7.74. The number of carbonyl (C=O) groups is 3. The number of carboxylic acids is 1. The van der Waals surface area contributed by atoms with Gasteiger partial charge in [0.25, 0.3) is 0 Å². The first-order valence-corrected chi connectivity index (χ1v) is 7.74. The summed E-state index contributed by atoms with van der Waals surface area (Å²) in [6, 6.07) is 0. The molecule has 1 aliphatic carbocycles. The van der Waals surface area contributed by atoms with Crippen LogP contribution in [0.1, 0.15) is 39.0 Å². The first-order chi connectivity index (χ1) is 9.93. The number of carboxylic acid groups (broad SMARTS) is 1. The number of primary amides is 1. The first kappa shape index (κ1) is 15.8. The second-order valence-electron chi connectivity index (χ2n) is 6.30. The predicted molar refractivity (Wildman–Crippen MR) is 76.1 cm³/mol. The molecule has 2 rings (SSSR count). The van der Waals surface area contributed by atoms with Crippen LogP contribution in [-0.4, -0.2) is 40.9 Å². The van der Waals surface area contributed by atoms with Crippen LogP contribution in [0.25, 0.3) is 0 Å². The van der Waals surface area contributed by atoms with Gasteiger partial charge in [-0.3, -0.25) is 14.4 Å². The summed E-state index contributed by atoms with van der Waals surface area (Å²) >= 11 is 0. The van der Waals surface area contributed by atoms with E-state index in [0.717, 1.165) is 6.42 Å². The zero-order chi connectivity index (χ0) is 15.6. The lowest BCUT2D eigenvalue weighted by Crippen LogP contribution is -2.45. The van der Waals surface area contributed by atoms with Gasteiger partial charge in [-0.05, 0) is 31.6 Å². The molecule has 1 heterocycles. The molecule has 6 heteroatoms. The summed E-state index contributed by atoms with van der Waals surface area (Å²) in [6.07, 6.45) is 3.35. The van der Waals surface area contributed by atoms with Gasteiger partial charge in [0.1, 0.15) is 0 Å². The van der Waals surface area contributed by atoms with E-state index >= 15 is 0 Å². The highest BCUT2D eigenvalue weighted by Gasteiger charge is 2.44. The van der Waals surface area contributed by atoms with Gasteiger partial charge in [-0.2, -0.15) is 0 Å². The van der Waals surface area contributed by atoms with Crippen LogP contribution in [-0.2, 0) is 14.4 Å². The third-order valence-electron chi connectivity index (χ3n) is 5.08. The minimum atomic E-state index is -0.865. The number of aliphatic carboxylic acids is 1. The van der Waals surface area contributed by atoms with E-state index in [2.05, 4.69) is 0 Å². The van der Waals surface area contributed by atoms with E-state index in [-0.39, 0.29) is 17.7 Å². The topological polar surface area (TPSA) is 101 Å². The Morgan fingerprint density at radius 2 is 1.71 bits per heavy atom. The van der Waals surface area contributed by atoms with Crippen LogP contribution in [0.4, 0.5) is 0 Å². The van der Waals surface area contributed by atoms with E-state index in [1.165, 1.54) is 0 Å². The summed E-state index contributed by atoms with van der Waals surface area (Å²) in [5.41, 5.74) is 5.29. The maximum Gasteiger partial charge on any atom is 0.307 e. The normalized spacial score (nSPS) is 30.3. The number of rotatable bonds is 4. The van der Waals surface area contributed by atoms with E-state index in [1.807, 2.05) is 6.92 Å². The lowest BCUT2D eigenvalue weighted by molar-refractivity contribution is -0.149. The number of nitrogens with zero attached hydrogens (tertiary/aromatic N) is 1. The standard InChI is InChI=1S/C15H24N2O4/c1-2-9-7-11(12(8-9)15(20)21)14(19)17-5-3-10(4-6-17)13(16)18/h9-12H,2-8H2,1H3,(H2,16,18)(H,20,21). The van der Waals surface area contributed by atoms with Crippen LogP contribution in [0.5, 0.6) is 0 Å². The average molecular weight is 296 g/mol. The maximum absolute atomic E-state index is 12.6. The highest BCUT2D eigenvalue weighted by atomic mass is 16.4. The molecule has 0 radical (unpaired) electrons. The monoisotopic (exact) mass is 296 g/mol. The molecule has 0 bridgehead atoms. The molecule has 1 saturated carbocycles. The van der Waals surface area contributed by atoms with Gasteiger partial charge in [-0.1, -0.05) is 13.3 Å². The summed E-state index contributed by atoms with van der Waals surface area (Å²) in [7, 11) is 0. The van der Waals surface area contributed by atoms with Gasteiger partial charge in [-0.15, -0.1) is 0 Å². The molecule has 0 aromatic heterocycles. The van der Waals surface area contributed by atoms with Gasteiger partial charge >= 0.3 is 5.97 Å². The Bertz CT molecular complexity index is 429. The molecule has 2 fully saturated rings. The Morgan fingerprint density at radius 1 is 1.14 bits per heavy atom. The molecule has 0 spiro atoms. The Balaban J connectivity index is 1.99. The highest BCUT2D eigenvalue weighted by molar-refractivity contribution is 5.85. The van der Waals surface area contributed by atoms with Crippen molar-refractivity contribution in [2.45, 2.75) is 39.0 Å². The summed E-state index contributed by atoms with van der Waals surface area (Å²) in [5, 5.41) is 9.33. The van der Waals surface area contributed by atoms with Crippen molar-refractivity contribution in [1.29, 1.82) is 0 Å². The third kappa shape index (κ3) is 3.36. The van der Waals surface area contributed by atoms with Crippen molar-refractivity contribution in [3.05, 3.63) is 0 Å². The van der Waals surface area contributed by atoms with Crippen LogP contribution in [0, 0.1) is 23.7 Å². The molecular formula is C15H24N2O4. The summed E-state index contributed by atoms with van der Waals surface area (Å²) in [4.78, 5) is 36.8. The molecule has 1 saturated heterocycles. The van der Waals surface area contributed by atoms with Gasteiger partial charge in [0.15, 0.2) is 0 Å². The van der Waals surface area contributed by atoms with Gasteiger partial charge in [0.2, 0.25) is 11.8 Å². The SMILES string of the molecule is CCC1CC(C(=O)O)C(C(=O)N2CCC(C(N)=O)CC2)C1. The zero-order valence-electron chi connectivity index (χ0n) is 12.5. The van der Waals surface area contributed by atoms with E-state index in [1.54, 1.807) is 4.90 Å². The molecule has 118 valence electrons. The number of carbonyl (C=O) groups excluding carboxylic acids is 2. The Kier molecular flexibility index (Phi) is 4.85. The van der Waals surface area contributed by atoms with Crippen LogP contribution >= 0.6 is 0 Å². The van der Waals surface area contributed by atoms with Crippen molar-refractivity contribution < 1.29 is 19.5 Å². The number of nitrogens with two attached hydrogens (primary N) is 1. The van der Waals surface area contributed by atoms with Gasteiger partial charge in [0.05, 0.1) is 11.8 Å². The molecule has 21 heavy (non-hydrogen) atoms. The summed E-state index contributed by atoms with van der Waals surface area (Å²) in [5.74, 6) is -2.02. The van der Waals surface area contributed by atoms with Crippen LogP contribution < -0.4 is 5.73 Å². The van der Waals surface area contributed by atoms with Crippen molar-refractivity contribution >= 4 is 17.8 Å². The molecule has 0 aromatic rings. The minimum absolute atomic E-state index is 0.0544. The van der Waals surface area contributed by atoms with E-state index in [0.29, 0.717) is 44.7 Å². The fourth-order valence-corrected chi connectivity index (χ4v) is 3.64. The minimum Gasteiger partial charge on any atom is -0.481 e. The summed E-state index contributed by atoms with van der Waals surface area (Å²) < 4.78 is 0. The molecule has 1 aliphatic heterocycles. The predicted octanol–water partition coefficient (Wildman–Crippen LogP) is 0.847. The second kappa shape index (κ2) is 6.45. The van der Waals surface area contributed by atoms with Crippen molar-refractivity contribution in [2.24, 2.45) is 29.4 Å². The van der Waals surface area contributed by atoms with Gasteiger partial charge in [-0.25, -0.2) is 0 Å². The Morgan fingerprint density at radius 3 is 2.19 bits per heavy atom. The molecule has 3 unspecified atom stereocenters. The van der Waals surface area contributed by atoms with E-state index < -0.39 is 17.8 Å². The smallest absolute Gasteiger partial charge is 0.307 e. The largest absolute Gasteiger partial charge is 0.481 e. The van der Waals surface area contributed by atoms with E-state index in [9.17, 15) is 19.5 Å². The number of hydrogen-bond acceptors (Lipinski definition) is 3. The molecule has 2 amide bonds. The van der Waals surface area contributed by atoms with Crippen LogP contribution in [0.3, 0.4) is 0 Å². The number of amides is 2. The molecule has 0 aromatic carbocycles.